The summed E-state index contributed by atoms with van der Waals surface area (Å²) in [5.74, 6) is -2.13. The Bertz CT molecular complexity index is 625. The summed E-state index contributed by atoms with van der Waals surface area (Å²) in [5, 5.41) is 13.3. The first-order chi connectivity index (χ1) is 10.5. The van der Waals surface area contributed by atoms with Gasteiger partial charge in [-0.3, -0.25) is 14.9 Å². The maximum Gasteiger partial charge on any atom is 0.230 e. The van der Waals surface area contributed by atoms with Crippen LogP contribution in [-0.2, 0) is 4.79 Å². The predicted molar refractivity (Wildman–Crippen MR) is 74.0 cm³/mol. The minimum absolute atomic E-state index is 0.176. The molecule has 2 aliphatic rings. The van der Waals surface area contributed by atoms with E-state index in [4.69, 9.17) is 0 Å². The van der Waals surface area contributed by atoms with E-state index in [1.54, 1.807) is 4.90 Å². The summed E-state index contributed by atoms with van der Waals surface area (Å²) >= 11 is 0. The zero-order valence-electron chi connectivity index (χ0n) is 11.7. The number of benzene rings is 1. The minimum atomic E-state index is -0.771. The van der Waals surface area contributed by atoms with Crippen LogP contribution in [0, 0.1) is 27.7 Å². The fraction of sp³-hybridized carbons (Fsp3) is 0.500. The Labute approximate surface area is 125 Å². The predicted octanol–water partition coefficient (Wildman–Crippen LogP) is 1.32. The van der Waals surface area contributed by atoms with Gasteiger partial charge in [0.05, 0.1) is 5.69 Å². The average molecular weight is 311 g/mol. The van der Waals surface area contributed by atoms with Crippen LogP contribution in [0.15, 0.2) is 18.2 Å². The van der Waals surface area contributed by atoms with Crippen LogP contribution < -0.4 is 10.2 Å². The van der Waals surface area contributed by atoms with Crippen LogP contribution in [0.1, 0.15) is 12.8 Å². The fourth-order valence-corrected chi connectivity index (χ4v) is 2.84. The zero-order chi connectivity index (χ0) is 15.9. The van der Waals surface area contributed by atoms with Gasteiger partial charge in [0.2, 0.25) is 11.9 Å². The van der Waals surface area contributed by atoms with E-state index in [1.807, 2.05) is 0 Å². The van der Waals surface area contributed by atoms with Crippen molar-refractivity contribution in [2.24, 2.45) is 5.92 Å². The highest BCUT2D eigenvalue weighted by molar-refractivity contribution is 5.82. The Balaban J connectivity index is 1.56. The molecule has 118 valence electrons. The van der Waals surface area contributed by atoms with Gasteiger partial charge in [-0.1, -0.05) is 0 Å². The quantitative estimate of drug-likeness (QED) is 0.672. The highest BCUT2D eigenvalue weighted by Gasteiger charge is 2.53. The molecule has 1 heterocycles. The van der Waals surface area contributed by atoms with Gasteiger partial charge in [-0.05, 0) is 18.6 Å². The van der Waals surface area contributed by atoms with Crippen molar-refractivity contribution in [1.29, 1.82) is 0 Å². The van der Waals surface area contributed by atoms with Crippen molar-refractivity contribution in [3.05, 3.63) is 39.9 Å². The van der Waals surface area contributed by atoms with Gasteiger partial charge in [0.15, 0.2) is 0 Å². The molecule has 22 heavy (non-hydrogen) atoms. The molecule has 1 amide bonds. The largest absolute Gasteiger partial charge is 0.367 e. The van der Waals surface area contributed by atoms with Crippen LogP contribution in [0.4, 0.5) is 14.5 Å². The van der Waals surface area contributed by atoms with Crippen molar-refractivity contribution in [3.8, 4) is 0 Å². The van der Waals surface area contributed by atoms with Gasteiger partial charge in [-0.2, -0.15) is 0 Å². The molecule has 0 radical (unpaired) electrons. The first kappa shape index (κ1) is 14.7. The maximum absolute atomic E-state index is 13.7. The number of halogens is 2. The molecule has 3 atom stereocenters. The van der Waals surface area contributed by atoms with Gasteiger partial charge in [0.1, 0.15) is 17.6 Å². The molecule has 1 saturated carbocycles. The molecule has 1 aromatic rings. The minimum Gasteiger partial charge on any atom is -0.367 e. The van der Waals surface area contributed by atoms with Crippen LogP contribution in [0.2, 0.25) is 0 Å². The van der Waals surface area contributed by atoms with Crippen molar-refractivity contribution >= 4 is 11.6 Å². The normalized spacial score (nSPS) is 26.8. The second-order valence-corrected chi connectivity index (χ2v) is 5.73. The number of nitro groups is 1. The summed E-state index contributed by atoms with van der Waals surface area (Å²) in [6.45, 7) is 0.945. The van der Waals surface area contributed by atoms with Crippen molar-refractivity contribution in [1.82, 2.24) is 5.32 Å². The zero-order valence-corrected chi connectivity index (χ0v) is 11.7. The topological polar surface area (TPSA) is 75.5 Å². The van der Waals surface area contributed by atoms with Gasteiger partial charge in [-0.15, -0.1) is 0 Å². The third kappa shape index (κ3) is 2.86. The van der Waals surface area contributed by atoms with Crippen molar-refractivity contribution < 1.29 is 18.5 Å². The SMILES string of the molecule is O=C(N[C@@H]1CCN(c2ccc(F)cc2F)C1)[C@@H]1C[C@H]1[N+](=O)[O-]. The Kier molecular flexibility index (Phi) is 3.67. The lowest BCUT2D eigenvalue weighted by molar-refractivity contribution is -0.497. The van der Waals surface area contributed by atoms with Crippen molar-refractivity contribution in [2.75, 3.05) is 18.0 Å². The monoisotopic (exact) mass is 311 g/mol. The molecular weight excluding hydrogens is 296 g/mol. The smallest absolute Gasteiger partial charge is 0.230 e. The van der Waals surface area contributed by atoms with Crippen molar-refractivity contribution in [2.45, 2.75) is 24.9 Å². The number of hydrogen-bond acceptors (Lipinski definition) is 4. The van der Waals surface area contributed by atoms with E-state index in [9.17, 15) is 23.7 Å². The fourth-order valence-electron chi connectivity index (χ4n) is 2.84. The molecule has 8 heteroatoms. The first-order valence-electron chi connectivity index (χ1n) is 7.09. The van der Waals surface area contributed by atoms with E-state index in [0.29, 0.717) is 25.2 Å². The van der Waals surface area contributed by atoms with E-state index >= 15 is 0 Å². The van der Waals surface area contributed by atoms with Crippen LogP contribution in [0.3, 0.4) is 0 Å². The highest BCUT2D eigenvalue weighted by atomic mass is 19.1. The number of rotatable bonds is 4. The second kappa shape index (κ2) is 5.51. The van der Waals surface area contributed by atoms with E-state index in [0.717, 1.165) is 6.07 Å². The van der Waals surface area contributed by atoms with Gasteiger partial charge in [0, 0.05) is 36.5 Å². The number of nitrogens with one attached hydrogen (secondary N) is 1. The van der Waals surface area contributed by atoms with Crippen LogP contribution in [0.25, 0.3) is 0 Å². The lowest BCUT2D eigenvalue weighted by Crippen LogP contribution is -2.39. The number of hydrogen-bond donors (Lipinski definition) is 1. The summed E-state index contributed by atoms with van der Waals surface area (Å²) in [5.41, 5.74) is 0.299. The lowest BCUT2D eigenvalue weighted by Gasteiger charge is -2.19. The molecule has 1 N–H and O–H groups in total. The van der Waals surface area contributed by atoms with Gasteiger partial charge >= 0.3 is 0 Å². The molecule has 1 aliphatic heterocycles. The van der Waals surface area contributed by atoms with Crippen molar-refractivity contribution in [3.63, 3.8) is 0 Å². The molecule has 3 rings (SSSR count). The molecule has 6 nitrogen and oxygen atoms in total. The molecule has 1 saturated heterocycles. The number of anilines is 1. The molecular formula is C14H15F2N3O3. The number of nitrogens with zero attached hydrogens (tertiary/aromatic N) is 2. The first-order valence-corrected chi connectivity index (χ1v) is 7.09. The number of carbonyl (C=O) groups is 1. The van der Waals surface area contributed by atoms with E-state index in [2.05, 4.69) is 5.32 Å². The molecule has 0 bridgehead atoms. The Morgan fingerprint density at radius 1 is 1.41 bits per heavy atom. The summed E-state index contributed by atoms with van der Waals surface area (Å²) in [7, 11) is 0. The summed E-state index contributed by atoms with van der Waals surface area (Å²) in [6, 6.07) is 2.44. The number of carbonyl (C=O) groups excluding carboxylic acids is 1. The summed E-state index contributed by atoms with van der Waals surface area (Å²) in [6.07, 6.45) is 0.903. The molecule has 0 spiro atoms. The van der Waals surface area contributed by atoms with E-state index in [1.165, 1.54) is 12.1 Å². The highest BCUT2D eigenvalue weighted by Crippen LogP contribution is 2.33. The Morgan fingerprint density at radius 3 is 2.82 bits per heavy atom. The van der Waals surface area contributed by atoms with Gasteiger partial charge in [0.25, 0.3) is 0 Å². The van der Waals surface area contributed by atoms with E-state index < -0.39 is 28.5 Å². The average Bonchev–Trinajstić information content (AvgIpc) is 3.14. The van der Waals surface area contributed by atoms with E-state index in [-0.39, 0.29) is 18.4 Å². The van der Waals surface area contributed by atoms with Crippen LogP contribution in [-0.4, -0.2) is 36.0 Å². The Morgan fingerprint density at radius 2 is 2.18 bits per heavy atom. The summed E-state index contributed by atoms with van der Waals surface area (Å²) < 4.78 is 26.6. The van der Waals surface area contributed by atoms with Crippen LogP contribution >= 0.6 is 0 Å². The third-order valence-corrected chi connectivity index (χ3v) is 4.15. The lowest BCUT2D eigenvalue weighted by atomic mass is 10.2. The Hall–Kier alpha value is -2.25. The third-order valence-electron chi connectivity index (χ3n) is 4.15. The summed E-state index contributed by atoms with van der Waals surface area (Å²) in [4.78, 5) is 23.7. The van der Waals surface area contributed by atoms with Gasteiger partial charge in [-0.25, -0.2) is 8.78 Å². The maximum atomic E-state index is 13.7. The molecule has 0 aromatic heterocycles. The molecule has 1 aromatic carbocycles. The van der Waals surface area contributed by atoms with Crippen LogP contribution in [0.5, 0.6) is 0 Å². The molecule has 1 aliphatic carbocycles. The molecule has 0 unspecified atom stereocenters. The standard InChI is InChI=1S/C14H15F2N3O3/c15-8-1-2-12(11(16)5-8)18-4-3-9(7-18)17-14(20)10-6-13(10)19(21)22/h1-2,5,9-10,13H,3-4,6-7H2,(H,17,20)/t9-,10-,13-/m1/s1. The molecule has 2 fully saturated rings. The van der Waals surface area contributed by atoms with Gasteiger partial charge < -0.3 is 10.2 Å². The number of amides is 1. The second-order valence-electron chi connectivity index (χ2n) is 5.73.